The maximum atomic E-state index is 14.0. The van der Waals surface area contributed by atoms with Crippen LogP contribution in [0.15, 0.2) is 36.5 Å². The number of carbonyl (C=O) groups is 1. The summed E-state index contributed by atoms with van der Waals surface area (Å²) < 4.78 is 51.3. The van der Waals surface area contributed by atoms with Crippen molar-refractivity contribution in [2.45, 2.75) is 13.5 Å². The Morgan fingerprint density at radius 1 is 1.23 bits per heavy atom. The summed E-state index contributed by atoms with van der Waals surface area (Å²) >= 11 is 0. The van der Waals surface area contributed by atoms with Crippen LogP contribution >= 0.6 is 0 Å². The van der Waals surface area contributed by atoms with Gasteiger partial charge in [0.2, 0.25) is 10.0 Å². The molecule has 0 aliphatic rings. The van der Waals surface area contributed by atoms with Crippen LogP contribution in [0.5, 0.6) is 0 Å². The van der Waals surface area contributed by atoms with E-state index in [1.54, 1.807) is 18.2 Å². The van der Waals surface area contributed by atoms with Crippen molar-refractivity contribution < 1.29 is 22.0 Å². The van der Waals surface area contributed by atoms with E-state index in [0.29, 0.717) is 5.56 Å². The van der Waals surface area contributed by atoms with E-state index in [4.69, 9.17) is 5.14 Å². The van der Waals surface area contributed by atoms with Crippen LogP contribution in [0, 0.1) is 11.6 Å². The van der Waals surface area contributed by atoms with E-state index in [0.717, 1.165) is 6.20 Å². The van der Waals surface area contributed by atoms with Crippen LogP contribution in [0.1, 0.15) is 23.0 Å². The van der Waals surface area contributed by atoms with Gasteiger partial charge in [-0.2, -0.15) is 5.10 Å². The third-order valence-corrected chi connectivity index (χ3v) is 4.84. The number of nitrogens with one attached hydrogen (secondary N) is 1. The molecule has 0 saturated heterocycles. The van der Waals surface area contributed by atoms with Crippen LogP contribution in [0.2, 0.25) is 0 Å². The molecule has 1 aromatic carbocycles. The predicted molar refractivity (Wildman–Crippen MR) is 105 cm³/mol. The summed E-state index contributed by atoms with van der Waals surface area (Å²) in [4.78, 5) is 19.9. The number of Topliss-reactive ketones (excluding diaryl/α,β-unsaturated/α-hetero) is 1. The minimum atomic E-state index is -3.73. The van der Waals surface area contributed by atoms with Crippen molar-refractivity contribution in [1.29, 1.82) is 0 Å². The second kappa shape index (κ2) is 8.63. The van der Waals surface area contributed by atoms with Crippen molar-refractivity contribution in [2.75, 3.05) is 17.6 Å². The van der Waals surface area contributed by atoms with E-state index in [9.17, 15) is 22.0 Å². The number of anilines is 1. The SMILES string of the molecule is CC(=O)c1cc(-c2ncc(F)c(NCCS(N)(=O)=O)n2)nn1Cc1ccccc1F. The zero-order chi connectivity index (χ0) is 21.9. The first-order valence-corrected chi connectivity index (χ1v) is 10.4. The molecule has 0 amide bonds. The molecule has 0 aliphatic heterocycles. The van der Waals surface area contributed by atoms with Gasteiger partial charge in [0.1, 0.15) is 17.2 Å². The van der Waals surface area contributed by atoms with Gasteiger partial charge in [-0.1, -0.05) is 18.2 Å². The summed E-state index contributed by atoms with van der Waals surface area (Å²) in [6.07, 6.45) is 0.894. The molecule has 0 bridgehead atoms. The Bertz CT molecular complexity index is 1200. The van der Waals surface area contributed by atoms with Crippen molar-refractivity contribution in [1.82, 2.24) is 19.7 Å². The predicted octanol–water partition coefficient (Wildman–Crippen LogP) is 1.57. The average Bonchev–Trinajstić information content (AvgIpc) is 3.08. The molecule has 3 aromatic rings. The van der Waals surface area contributed by atoms with Gasteiger partial charge in [0.25, 0.3) is 0 Å². The molecular weight excluding hydrogens is 418 g/mol. The van der Waals surface area contributed by atoms with Crippen molar-refractivity contribution in [3.63, 3.8) is 0 Å². The first kappa shape index (κ1) is 21.5. The summed E-state index contributed by atoms with van der Waals surface area (Å²) in [5.74, 6) is -2.20. The van der Waals surface area contributed by atoms with Crippen LogP contribution in [0.3, 0.4) is 0 Å². The van der Waals surface area contributed by atoms with Gasteiger partial charge in [0, 0.05) is 19.0 Å². The van der Waals surface area contributed by atoms with Crippen LogP contribution in [0.25, 0.3) is 11.5 Å². The second-order valence-corrected chi connectivity index (χ2v) is 8.14. The number of rotatable bonds is 8. The van der Waals surface area contributed by atoms with Crippen molar-refractivity contribution in [3.05, 3.63) is 59.4 Å². The molecule has 0 atom stereocenters. The number of primary sulfonamides is 1. The molecular formula is C18H18F2N6O3S. The normalized spacial score (nSPS) is 11.5. The Morgan fingerprint density at radius 2 is 1.97 bits per heavy atom. The zero-order valence-electron chi connectivity index (χ0n) is 15.8. The summed E-state index contributed by atoms with van der Waals surface area (Å²) in [6, 6.07) is 7.51. The highest BCUT2D eigenvalue weighted by Crippen LogP contribution is 2.20. The highest BCUT2D eigenvalue weighted by molar-refractivity contribution is 7.89. The largest absolute Gasteiger partial charge is 0.366 e. The maximum absolute atomic E-state index is 14.0. The lowest BCUT2D eigenvalue weighted by molar-refractivity contribution is 0.100. The fraction of sp³-hybridized carbons (Fsp3) is 0.222. The van der Waals surface area contributed by atoms with Gasteiger partial charge in [-0.3, -0.25) is 9.48 Å². The highest BCUT2D eigenvalue weighted by atomic mass is 32.2. The monoisotopic (exact) mass is 436 g/mol. The van der Waals surface area contributed by atoms with Crippen molar-refractivity contribution >= 4 is 21.6 Å². The Labute approximate surface area is 171 Å². The van der Waals surface area contributed by atoms with E-state index in [-0.39, 0.29) is 41.9 Å². The number of ketones is 1. The standard InChI is InChI=1S/C18H18F2N6O3S/c1-11(27)16-8-15(25-26(16)10-12-4-2-3-5-13(12)19)18-23-9-14(20)17(24-18)22-6-7-30(21,28)29/h2-5,8-9H,6-7,10H2,1H3,(H2,21,28,29)(H,22,23,24). The molecule has 3 N–H and O–H groups in total. The number of sulfonamides is 1. The van der Waals surface area contributed by atoms with Gasteiger partial charge in [0.15, 0.2) is 23.2 Å². The van der Waals surface area contributed by atoms with Gasteiger partial charge in [-0.05, 0) is 12.1 Å². The van der Waals surface area contributed by atoms with E-state index in [2.05, 4.69) is 20.4 Å². The van der Waals surface area contributed by atoms with E-state index in [1.807, 2.05) is 0 Å². The number of nitrogens with two attached hydrogens (primary N) is 1. The molecule has 0 spiro atoms. The number of benzene rings is 1. The number of hydrogen-bond acceptors (Lipinski definition) is 7. The van der Waals surface area contributed by atoms with Crippen LogP contribution in [0.4, 0.5) is 14.6 Å². The third kappa shape index (κ3) is 5.21. The zero-order valence-corrected chi connectivity index (χ0v) is 16.7. The van der Waals surface area contributed by atoms with Gasteiger partial charge >= 0.3 is 0 Å². The minimum Gasteiger partial charge on any atom is -0.366 e. The first-order valence-electron chi connectivity index (χ1n) is 8.73. The summed E-state index contributed by atoms with van der Waals surface area (Å²) in [7, 11) is -3.73. The summed E-state index contributed by atoms with van der Waals surface area (Å²) in [5, 5.41) is 11.7. The van der Waals surface area contributed by atoms with Gasteiger partial charge in [0.05, 0.1) is 18.5 Å². The molecule has 3 rings (SSSR count). The Morgan fingerprint density at radius 3 is 2.63 bits per heavy atom. The van der Waals surface area contributed by atoms with Crippen molar-refractivity contribution in [2.24, 2.45) is 5.14 Å². The lowest BCUT2D eigenvalue weighted by Gasteiger charge is -2.07. The van der Waals surface area contributed by atoms with Gasteiger partial charge in [-0.15, -0.1) is 0 Å². The number of carbonyl (C=O) groups excluding carboxylic acids is 1. The van der Waals surface area contributed by atoms with Gasteiger partial charge < -0.3 is 5.32 Å². The minimum absolute atomic E-state index is 0.00223. The number of aromatic nitrogens is 4. The number of halogens is 2. The average molecular weight is 436 g/mol. The number of hydrogen-bond donors (Lipinski definition) is 2. The molecule has 0 saturated carbocycles. The molecule has 0 fully saturated rings. The third-order valence-electron chi connectivity index (χ3n) is 4.07. The molecule has 0 radical (unpaired) electrons. The van der Waals surface area contributed by atoms with Gasteiger partial charge in [-0.25, -0.2) is 32.3 Å². The number of nitrogens with zero attached hydrogens (tertiary/aromatic N) is 4. The molecule has 0 aliphatic carbocycles. The molecule has 2 heterocycles. The van der Waals surface area contributed by atoms with Crippen LogP contribution in [-0.2, 0) is 16.6 Å². The Hall–Kier alpha value is -3.25. The summed E-state index contributed by atoms with van der Waals surface area (Å²) in [6.45, 7) is 1.18. The summed E-state index contributed by atoms with van der Waals surface area (Å²) in [5.41, 5.74) is 0.705. The maximum Gasteiger partial charge on any atom is 0.210 e. The smallest absolute Gasteiger partial charge is 0.210 e. The van der Waals surface area contributed by atoms with Crippen molar-refractivity contribution in [3.8, 4) is 11.5 Å². The van der Waals surface area contributed by atoms with E-state index < -0.39 is 27.4 Å². The van der Waals surface area contributed by atoms with E-state index >= 15 is 0 Å². The van der Waals surface area contributed by atoms with Crippen LogP contribution < -0.4 is 10.5 Å². The van der Waals surface area contributed by atoms with Crippen LogP contribution in [-0.4, -0.2) is 46.2 Å². The first-order chi connectivity index (χ1) is 14.1. The fourth-order valence-electron chi connectivity index (χ4n) is 2.64. The highest BCUT2D eigenvalue weighted by Gasteiger charge is 2.18. The second-order valence-electron chi connectivity index (χ2n) is 6.40. The molecule has 158 valence electrons. The quantitative estimate of drug-likeness (QED) is 0.512. The molecule has 2 aromatic heterocycles. The topological polar surface area (TPSA) is 133 Å². The molecule has 0 unspecified atom stereocenters. The molecule has 30 heavy (non-hydrogen) atoms. The Balaban J connectivity index is 1.91. The fourth-order valence-corrected chi connectivity index (χ4v) is 3.03. The Kier molecular flexibility index (Phi) is 6.17. The lowest BCUT2D eigenvalue weighted by Crippen LogP contribution is -2.23. The lowest BCUT2D eigenvalue weighted by atomic mass is 10.2. The van der Waals surface area contributed by atoms with E-state index in [1.165, 1.54) is 23.7 Å². The molecule has 12 heteroatoms. The molecule has 9 nitrogen and oxygen atoms in total.